The zero-order valence-electron chi connectivity index (χ0n) is 40.2. The van der Waals surface area contributed by atoms with Crippen molar-refractivity contribution >= 4 is 66.6 Å². The summed E-state index contributed by atoms with van der Waals surface area (Å²) in [6, 6.07) is 53.4. The van der Waals surface area contributed by atoms with Gasteiger partial charge in [-0.3, -0.25) is 14.0 Å². The van der Waals surface area contributed by atoms with E-state index in [0.29, 0.717) is 24.4 Å². The molecule has 7 aromatic carbocycles. The normalized spacial score (nSPS) is 12.8. The SMILES string of the molecule is Cc1cc(C)c(-c2nc(N3CN(c4cccc(Oc5ccc6c7ccccc7n(-c7cc(C(C)(C)C)ccn7)c6c5)c4)c4ccccc43)nc(-n3c4c(C)cccc4c4cccc(C)c43)n2)c(C)c1. The summed E-state index contributed by atoms with van der Waals surface area (Å²) in [5.41, 5.74) is 15.3. The van der Waals surface area contributed by atoms with Crippen LogP contribution in [0.3, 0.4) is 0 Å². The number of anilines is 4. The van der Waals surface area contributed by atoms with Crippen molar-refractivity contribution in [1.82, 2.24) is 29.1 Å². The van der Waals surface area contributed by atoms with Gasteiger partial charge in [0.15, 0.2) is 5.82 Å². The molecule has 0 N–H and O–H groups in total. The van der Waals surface area contributed by atoms with Crippen LogP contribution in [-0.2, 0) is 5.41 Å². The summed E-state index contributed by atoms with van der Waals surface area (Å²) in [7, 11) is 0. The van der Waals surface area contributed by atoms with Gasteiger partial charge in [0.25, 0.3) is 0 Å². The van der Waals surface area contributed by atoms with Crippen molar-refractivity contribution in [3.63, 3.8) is 0 Å². The van der Waals surface area contributed by atoms with Crippen molar-refractivity contribution in [2.75, 3.05) is 16.5 Å². The lowest BCUT2D eigenvalue weighted by atomic mass is 9.88. The number of hydrogen-bond acceptors (Lipinski definition) is 7. The third-order valence-electron chi connectivity index (χ3n) is 13.8. The highest BCUT2D eigenvalue weighted by atomic mass is 16.5. The van der Waals surface area contributed by atoms with E-state index in [1.54, 1.807) is 0 Å². The number of ether oxygens (including phenoxy) is 1. The van der Waals surface area contributed by atoms with E-state index in [9.17, 15) is 0 Å². The van der Waals surface area contributed by atoms with Crippen molar-refractivity contribution < 1.29 is 4.74 Å². The van der Waals surface area contributed by atoms with Gasteiger partial charge in [0, 0.05) is 51.1 Å². The molecule has 11 aromatic rings. The van der Waals surface area contributed by atoms with Gasteiger partial charge in [-0.05, 0) is 122 Å². The van der Waals surface area contributed by atoms with E-state index in [4.69, 9.17) is 24.7 Å². The van der Waals surface area contributed by atoms with Crippen LogP contribution < -0.4 is 14.5 Å². The number of pyridine rings is 1. The van der Waals surface area contributed by atoms with E-state index in [1.165, 1.54) is 27.3 Å². The van der Waals surface area contributed by atoms with E-state index in [2.05, 4.69) is 220 Å². The molecule has 4 aromatic heterocycles. The molecule has 0 unspecified atom stereocenters. The minimum Gasteiger partial charge on any atom is -0.457 e. The fourth-order valence-electron chi connectivity index (χ4n) is 10.6. The van der Waals surface area contributed by atoms with Gasteiger partial charge in [-0.1, -0.05) is 111 Å². The van der Waals surface area contributed by atoms with Gasteiger partial charge in [-0.15, -0.1) is 0 Å². The molecule has 0 aliphatic carbocycles. The van der Waals surface area contributed by atoms with Crippen molar-refractivity contribution in [1.29, 1.82) is 0 Å². The summed E-state index contributed by atoms with van der Waals surface area (Å²) in [4.78, 5) is 25.6. The predicted octanol–water partition coefficient (Wildman–Crippen LogP) is 15.0. The smallest absolute Gasteiger partial charge is 0.240 e. The standard InChI is InChI=1S/C60H52N8O/c1-36-30-39(4)54(40(5)31-36)57-62-58(64-59(63-57)68-55-37(2)16-13-21-47(55)48-22-14-17-38(3)56(48)68)66-35-65(50-24-11-12-25-51(50)66)42-18-15-19-43(33-42)69-44-26-27-46-45-20-9-10-23-49(45)67(52(46)34-44)53-32-41(28-29-61-53)60(6,7)8/h9-34H,35H2,1-8H3. The highest BCUT2D eigenvalue weighted by Gasteiger charge is 2.32. The maximum Gasteiger partial charge on any atom is 0.240 e. The molecule has 1 aliphatic rings. The third-order valence-corrected chi connectivity index (χ3v) is 13.8. The molecule has 12 rings (SSSR count). The summed E-state index contributed by atoms with van der Waals surface area (Å²) < 4.78 is 11.3. The zero-order valence-corrected chi connectivity index (χ0v) is 40.2. The summed E-state index contributed by atoms with van der Waals surface area (Å²) in [6.07, 6.45) is 1.91. The van der Waals surface area contributed by atoms with Gasteiger partial charge in [-0.25, -0.2) is 4.98 Å². The quantitative estimate of drug-likeness (QED) is 0.158. The van der Waals surface area contributed by atoms with Crippen molar-refractivity contribution in [2.24, 2.45) is 0 Å². The molecule has 9 heteroatoms. The van der Waals surface area contributed by atoms with E-state index in [0.717, 1.165) is 89.6 Å². The first-order chi connectivity index (χ1) is 33.4. The van der Waals surface area contributed by atoms with Crippen LogP contribution in [-0.4, -0.2) is 35.7 Å². The van der Waals surface area contributed by atoms with Crippen LogP contribution in [0, 0.1) is 34.6 Å². The molecule has 0 saturated heterocycles. The van der Waals surface area contributed by atoms with Crippen LogP contribution in [0.25, 0.3) is 66.8 Å². The summed E-state index contributed by atoms with van der Waals surface area (Å²) >= 11 is 0. The Labute approximate surface area is 401 Å². The number of nitrogens with zero attached hydrogens (tertiary/aromatic N) is 8. The van der Waals surface area contributed by atoms with Crippen molar-refractivity contribution in [2.45, 2.75) is 60.8 Å². The molecule has 1 aliphatic heterocycles. The highest BCUT2D eigenvalue weighted by molar-refractivity contribution is 6.11. The Morgan fingerprint density at radius 1 is 0.493 bits per heavy atom. The van der Waals surface area contributed by atoms with E-state index in [-0.39, 0.29) is 5.41 Å². The molecule has 0 radical (unpaired) electrons. The third kappa shape index (κ3) is 6.98. The second-order valence-electron chi connectivity index (χ2n) is 19.6. The van der Waals surface area contributed by atoms with Crippen LogP contribution >= 0.6 is 0 Å². The minimum absolute atomic E-state index is 0.0224. The molecule has 0 bridgehead atoms. The maximum atomic E-state index is 6.78. The Morgan fingerprint density at radius 3 is 1.84 bits per heavy atom. The molecule has 0 amide bonds. The molecule has 9 nitrogen and oxygen atoms in total. The molecule has 0 atom stereocenters. The lowest BCUT2D eigenvalue weighted by Crippen LogP contribution is -2.26. The lowest BCUT2D eigenvalue weighted by molar-refractivity contribution is 0.483. The van der Waals surface area contributed by atoms with Gasteiger partial charge in [0.05, 0.1) is 33.4 Å². The van der Waals surface area contributed by atoms with Crippen molar-refractivity contribution in [3.8, 4) is 34.7 Å². The molecule has 0 fully saturated rings. The first-order valence-corrected chi connectivity index (χ1v) is 23.7. The molecule has 338 valence electrons. The number of hydrogen-bond donors (Lipinski definition) is 0. The second-order valence-corrected chi connectivity index (χ2v) is 19.6. The second kappa shape index (κ2) is 15.9. The Morgan fingerprint density at radius 2 is 1.12 bits per heavy atom. The van der Waals surface area contributed by atoms with E-state index >= 15 is 0 Å². The lowest BCUT2D eigenvalue weighted by Gasteiger charge is -2.22. The minimum atomic E-state index is -0.0224. The Bertz CT molecular complexity index is 3790. The number of aryl methyl sites for hydroxylation is 5. The average molecular weight is 901 g/mol. The fraction of sp³-hybridized carbons (Fsp3) is 0.167. The van der Waals surface area contributed by atoms with Crippen LogP contribution in [0.5, 0.6) is 11.5 Å². The molecular weight excluding hydrogens is 849 g/mol. The van der Waals surface area contributed by atoms with Crippen LogP contribution in [0.2, 0.25) is 0 Å². The number of para-hydroxylation sites is 5. The molecule has 5 heterocycles. The van der Waals surface area contributed by atoms with Gasteiger partial charge in [0.2, 0.25) is 11.9 Å². The van der Waals surface area contributed by atoms with Gasteiger partial charge < -0.3 is 9.64 Å². The number of benzene rings is 7. The molecule has 0 spiro atoms. The first-order valence-electron chi connectivity index (χ1n) is 23.7. The Hall–Kier alpha value is -8.30. The Balaban J connectivity index is 0.954. The fourth-order valence-corrected chi connectivity index (χ4v) is 10.6. The molecule has 0 saturated carbocycles. The van der Waals surface area contributed by atoms with Crippen molar-refractivity contribution in [3.05, 3.63) is 191 Å². The summed E-state index contributed by atoms with van der Waals surface area (Å²) in [6.45, 7) is 17.9. The molecular formula is C60H52N8O. The van der Waals surface area contributed by atoms with E-state index in [1.807, 2.05) is 12.3 Å². The summed E-state index contributed by atoms with van der Waals surface area (Å²) in [5.74, 6) is 4.14. The van der Waals surface area contributed by atoms with Gasteiger partial charge in [0.1, 0.15) is 24.0 Å². The largest absolute Gasteiger partial charge is 0.457 e. The predicted molar refractivity (Wildman–Crippen MR) is 283 cm³/mol. The topological polar surface area (TPSA) is 77.1 Å². The Kier molecular flexibility index (Phi) is 9.70. The highest BCUT2D eigenvalue weighted by Crippen LogP contribution is 2.45. The van der Waals surface area contributed by atoms with Crippen LogP contribution in [0.15, 0.2) is 158 Å². The maximum absolute atomic E-state index is 6.78. The van der Waals surface area contributed by atoms with Gasteiger partial charge >= 0.3 is 0 Å². The average Bonchev–Trinajstić information content (AvgIpc) is 4.00. The number of aromatic nitrogens is 6. The number of fused-ring (bicyclic) bond motifs is 7. The van der Waals surface area contributed by atoms with Gasteiger partial charge in [-0.2, -0.15) is 15.0 Å². The zero-order chi connectivity index (χ0) is 47.3. The van der Waals surface area contributed by atoms with E-state index < -0.39 is 0 Å². The monoisotopic (exact) mass is 900 g/mol. The van der Waals surface area contributed by atoms with Crippen LogP contribution in [0.4, 0.5) is 23.0 Å². The first kappa shape index (κ1) is 42.1. The molecule has 69 heavy (non-hydrogen) atoms. The van der Waals surface area contributed by atoms with Crippen LogP contribution in [0.1, 0.15) is 54.2 Å². The number of rotatable bonds is 7. The summed E-state index contributed by atoms with van der Waals surface area (Å²) in [5, 5.41) is 4.65.